The monoisotopic (exact) mass is 240 g/mol. The van der Waals surface area contributed by atoms with Crippen molar-refractivity contribution in [2.75, 3.05) is 5.73 Å². The fourth-order valence-electron chi connectivity index (χ4n) is 1.31. The Balaban J connectivity index is 2.51. The van der Waals surface area contributed by atoms with Gasteiger partial charge >= 0.3 is 6.18 Å². The van der Waals surface area contributed by atoms with E-state index in [1.54, 1.807) is 0 Å². The molecule has 0 bridgehead atoms. The lowest BCUT2D eigenvalue weighted by Gasteiger charge is -2.08. The molecule has 2 aromatic rings. The molecule has 0 aliphatic carbocycles. The number of rotatable bonds is 1. The van der Waals surface area contributed by atoms with Gasteiger partial charge in [-0.1, -0.05) is 0 Å². The second-order valence-electron chi connectivity index (χ2n) is 3.25. The number of pyridine rings is 1. The van der Waals surface area contributed by atoms with Crippen LogP contribution in [0.4, 0.5) is 19.0 Å². The number of alkyl halides is 3. The summed E-state index contributed by atoms with van der Waals surface area (Å²) in [6, 6.07) is 2.33. The number of nitrogens with zero attached hydrogens (tertiary/aromatic N) is 3. The number of anilines is 1. The van der Waals surface area contributed by atoms with Crippen molar-refractivity contribution in [3.8, 4) is 11.1 Å². The van der Waals surface area contributed by atoms with Crippen LogP contribution in [0.5, 0.6) is 0 Å². The summed E-state index contributed by atoms with van der Waals surface area (Å²) in [5, 5.41) is 0. The maximum atomic E-state index is 12.5. The molecule has 2 N–H and O–H groups in total. The zero-order valence-electron chi connectivity index (χ0n) is 8.44. The normalized spacial score (nSPS) is 11.5. The fraction of sp³-hybridized carbons (Fsp3) is 0.100. The SMILES string of the molecule is Nc1ncncc1-c1ccnc(C(F)(F)F)c1. The molecule has 0 radical (unpaired) electrons. The van der Waals surface area contributed by atoms with Crippen LogP contribution in [-0.2, 0) is 6.18 Å². The Morgan fingerprint density at radius 2 is 1.94 bits per heavy atom. The highest BCUT2D eigenvalue weighted by molar-refractivity contribution is 5.72. The van der Waals surface area contributed by atoms with Crippen LogP contribution in [0.15, 0.2) is 30.9 Å². The van der Waals surface area contributed by atoms with Crippen molar-refractivity contribution in [2.24, 2.45) is 0 Å². The minimum Gasteiger partial charge on any atom is -0.383 e. The van der Waals surface area contributed by atoms with Crippen molar-refractivity contribution in [1.29, 1.82) is 0 Å². The Kier molecular flexibility index (Phi) is 2.66. The minimum atomic E-state index is -4.49. The zero-order valence-corrected chi connectivity index (χ0v) is 8.44. The maximum Gasteiger partial charge on any atom is 0.433 e. The van der Waals surface area contributed by atoms with E-state index in [4.69, 9.17) is 5.73 Å². The summed E-state index contributed by atoms with van der Waals surface area (Å²) in [5.74, 6) is 0.124. The van der Waals surface area contributed by atoms with E-state index in [0.29, 0.717) is 5.56 Å². The Hall–Kier alpha value is -2.18. The lowest BCUT2D eigenvalue weighted by atomic mass is 10.1. The van der Waals surface area contributed by atoms with Gasteiger partial charge in [-0.3, -0.25) is 4.98 Å². The standard InChI is InChI=1S/C10H7F3N4/c11-10(12,13)8-3-6(1-2-16-8)7-4-15-5-17-9(7)14/h1-5H,(H2,14,15,17). The van der Waals surface area contributed by atoms with Gasteiger partial charge in [0, 0.05) is 18.0 Å². The molecular weight excluding hydrogens is 233 g/mol. The number of halogens is 3. The molecule has 88 valence electrons. The Labute approximate surface area is 94.3 Å². The Morgan fingerprint density at radius 3 is 2.59 bits per heavy atom. The Bertz CT molecular complexity index is 539. The molecule has 0 saturated heterocycles. The van der Waals surface area contributed by atoms with Crippen molar-refractivity contribution in [3.63, 3.8) is 0 Å². The largest absolute Gasteiger partial charge is 0.433 e. The third-order valence-corrected chi connectivity index (χ3v) is 2.10. The van der Waals surface area contributed by atoms with Crippen molar-refractivity contribution in [3.05, 3.63) is 36.5 Å². The predicted octanol–water partition coefficient (Wildman–Crippen LogP) is 2.14. The molecular formula is C10H7F3N4. The molecule has 7 heteroatoms. The van der Waals surface area contributed by atoms with E-state index in [1.807, 2.05) is 0 Å². The van der Waals surface area contributed by atoms with E-state index in [0.717, 1.165) is 12.3 Å². The summed E-state index contributed by atoms with van der Waals surface area (Å²) >= 11 is 0. The second-order valence-corrected chi connectivity index (χ2v) is 3.25. The molecule has 0 amide bonds. The molecule has 0 aliphatic heterocycles. The van der Waals surface area contributed by atoms with Gasteiger partial charge in [-0.25, -0.2) is 9.97 Å². The Morgan fingerprint density at radius 1 is 1.18 bits per heavy atom. The van der Waals surface area contributed by atoms with Crippen LogP contribution in [-0.4, -0.2) is 15.0 Å². The molecule has 0 fully saturated rings. The molecule has 0 atom stereocenters. The molecule has 0 unspecified atom stereocenters. The van der Waals surface area contributed by atoms with Gasteiger partial charge in [0.1, 0.15) is 17.8 Å². The van der Waals surface area contributed by atoms with E-state index >= 15 is 0 Å². The van der Waals surface area contributed by atoms with Crippen molar-refractivity contribution in [1.82, 2.24) is 15.0 Å². The first-order chi connectivity index (χ1) is 7.98. The maximum absolute atomic E-state index is 12.5. The first kappa shape index (κ1) is 11.3. The van der Waals surface area contributed by atoms with Crippen LogP contribution < -0.4 is 5.73 Å². The van der Waals surface area contributed by atoms with Gasteiger partial charge in [-0.15, -0.1) is 0 Å². The van der Waals surface area contributed by atoms with Crippen LogP contribution in [0.25, 0.3) is 11.1 Å². The van der Waals surface area contributed by atoms with Gasteiger partial charge < -0.3 is 5.73 Å². The summed E-state index contributed by atoms with van der Waals surface area (Å²) in [4.78, 5) is 10.7. The molecule has 0 aliphatic rings. The van der Waals surface area contributed by atoms with Gasteiger partial charge in [-0.2, -0.15) is 13.2 Å². The number of nitrogen functional groups attached to an aromatic ring is 1. The molecule has 17 heavy (non-hydrogen) atoms. The van der Waals surface area contributed by atoms with E-state index in [1.165, 1.54) is 18.6 Å². The molecule has 0 saturated carbocycles. The van der Waals surface area contributed by atoms with Crippen molar-refractivity contribution >= 4 is 5.82 Å². The van der Waals surface area contributed by atoms with Gasteiger partial charge in [0.15, 0.2) is 0 Å². The number of hydrogen-bond donors (Lipinski definition) is 1. The van der Waals surface area contributed by atoms with Crippen LogP contribution in [0.2, 0.25) is 0 Å². The average molecular weight is 240 g/mol. The van der Waals surface area contributed by atoms with Crippen molar-refractivity contribution in [2.45, 2.75) is 6.18 Å². The molecule has 2 rings (SSSR count). The van der Waals surface area contributed by atoms with Gasteiger partial charge in [0.2, 0.25) is 0 Å². The van der Waals surface area contributed by atoms with Crippen LogP contribution >= 0.6 is 0 Å². The van der Waals surface area contributed by atoms with Gasteiger partial charge in [-0.05, 0) is 17.7 Å². The van der Waals surface area contributed by atoms with E-state index in [2.05, 4.69) is 15.0 Å². The molecule has 2 aromatic heterocycles. The van der Waals surface area contributed by atoms with Crippen LogP contribution in [0, 0.1) is 0 Å². The zero-order chi connectivity index (χ0) is 12.5. The van der Waals surface area contributed by atoms with Gasteiger partial charge in [0.05, 0.1) is 0 Å². The summed E-state index contributed by atoms with van der Waals surface area (Å²) in [7, 11) is 0. The van der Waals surface area contributed by atoms with E-state index in [9.17, 15) is 13.2 Å². The quantitative estimate of drug-likeness (QED) is 0.829. The molecule has 4 nitrogen and oxygen atoms in total. The smallest absolute Gasteiger partial charge is 0.383 e. The fourth-order valence-corrected chi connectivity index (χ4v) is 1.31. The first-order valence-electron chi connectivity index (χ1n) is 4.57. The lowest BCUT2D eigenvalue weighted by Crippen LogP contribution is -2.07. The molecule has 0 spiro atoms. The van der Waals surface area contributed by atoms with Crippen LogP contribution in [0.3, 0.4) is 0 Å². The minimum absolute atomic E-state index is 0.124. The topological polar surface area (TPSA) is 64.7 Å². The third kappa shape index (κ3) is 2.32. The summed E-state index contributed by atoms with van der Waals surface area (Å²) in [5.41, 5.74) is 5.22. The molecule has 2 heterocycles. The number of aromatic nitrogens is 3. The van der Waals surface area contributed by atoms with E-state index in [-0.39, 0.29) is 11.4 Å². The number of hydrogen-bond acceptors (Lipinski definition) is 4. The molecule has 0 aromatic carbocycles. The summed E-state index contributed by atoms with van der Waals surface area (Å²) < 4.78 is 37.4. The van der Waals surface area contributed by atoms with E-state index < -0.39 is 11.9 Å². The lowest BCUT2D eigenvalue weighted by molar-refractivity contribution is -0.141. The third-order valence-electron chi connectivity index (χ3n) is 2.10. The highest BCUT2D eigenvalue weighted by Gasteiger charge is 2.32. The number of nitrogens with two attached hydrogens (primary N) is 1. The average Bonchev–Trinajstić information content (AvgIpc) is 2.29. The predicted molar refractivity (Wildman–Crippen MR) is 54.7 cm³/mol. The highest BCUT2D eigenvalue weighted by atomic mass is 19.4. The van der Waals surface area contributed by atoms with Crippen LogP contribution in [0.1, 0.15) is 5.69 Å². The van der Waals surface area contributed by atoms with Crippen molar-refractivity contribution < 1.29 is 13.2 Å². The summed E-state index contributed by atoms with van der Waals surface area (Å²) in [6.07, 6.45) is -0.826. The second kappa shape index (κ2) is 4.00. The summed E-state index contributed by atoms with van der Waals surface area (Å²) in [6.45, 7) is 0. The first-order valence-corrected chi connectivity index (χ1v) is 4.57. The van der Waals surface area contributed by atoms with Gasteiger partial charge in [0.25, 0.3) is 0 Å². The highest BCUT2D eigenvalue weighted by Crippen LogP contribution is 2.31.